The number of methoxy groups -OCH3 is 2. The molecule has 22 heavy (non-hydrogen) atoms. The lowest BCUT2D eigenvalue weighted by atomic mass is 10.0. The zero-order chi connectivity index (χ0) is 16.7. The van der Waals surface area contributed by atoms with Crippen molar-refractivity contribution in [1.29, 1.82) is 0 Å². The third-order valence-corrected chi connectivity index (χ3v) is 3.37. The molecule has 0 amide bonds. The van der Waals surface area contributed by atoms with Gasteiger partial charge in [0, 0.05) is 12.0 Å². The summed E-state index contributed by atoms with van der Waals surface area (Å²) in [7, 11) is 2.86. The number of hydrogen-bond acceptors (Lipinski definition) is 5. The Kier molecular flexibility index (Phi) is 3.89. The number of halogens is 1. The van der Waals surface area contributed by atoms with Crippen molar-refractivity contribution in [3.05, 3.63) is 23.3 Å². The van der Waals surface area contributed by atoms with E-state index in [1.54, 1.807) is 20.8 Å². The molecule has 6 heteroatoms. The molecule has 1 aromatic rings. The van der Waals surface area contributed by atoms with Crippen LogP contribution in [0.15, 0.2) is 12.1 Å². The third kappa shape index (κ3) is 2.65. The monoisotopic (exact) mass is 310 g/mol. The molecule has 0 unspecified atom stereocenters. The predicted octanol–water partition coefficient (Wildman–Crippen LogP) is 2.49. The van der Waals surface area contributed by atoms with Crippen LogP contribution in [-0.2, 0) is 16.0 Å². The molecule has 1 aliphatic rings. The Bertz CT molecular complexity index is 632. The van der Waals surface area contributed by atoms with Gasteiger partial charge in [0.05, 0.1) is 14.2 Å². The molecule has 2 rings (SSSR count). The zero-order valence-electron chi connectivity index (χ0n) is 13.3. The maximum Gasteiger partial charge on any atom is 0.353 e. The van der Waals surface area contributed by atoms with Crippen molar-refractivity contribution in [1.82, 2.24) is 0 Å². The van der Waals surface area contributed by atoms with Crippen molar-refractivity contribution in [2.45, 2.75) is 38.5 Å². The zero-order valence-corrected chi connectivity index (χ0v) is 13.3. The number of rotatable bonds is 3. The molecule has 0 spiro atoms. The first-order valence-electron chi connectivity index (χ1n) is 6.84. The van der Waals surface area contributed by atoms with Gasteiger partial charge in [-0.1, -0.05) is 0 Å². The summed E-state index contributed by atoms with van der Waals surface area (Å²) >= 11 is 0. The van der Waals surface area contributed by atoms with E-state index in [1.165, 1.54) is 26.4 Å². The van der Waals surface area contributed by atoms with Gasteiger partial charge in [0.25, 0.3) is 5.67 Å². The minimum absolute atomic E-state index is 0.117. The molecule has 0 aliphatic heterocycles. The van der Waals surface area contributed by atoms with Crippen LogP contribution >= 0.6 is 0 Å². The van der Waals surface area contributed by atoms with Crippen LogP contribution in [-0.4, -0.2) is 37.2 Å². The lowest BCUT2D eigenvalue weighted by Crippen LogP contribution is -2.44. The molecule has 0 N–H and O–H groups in total. The van der Waals surface area contributed by atoms with Crippen molar-refractivity contribution in [2.24, 2.45) is 0 Å². The van der Waals surface area contributed by atoms with Gasteiger partial charge in [0.15, 0.2) is 11.5 Å². The number of esters is 1. The topological polar surface area (TPSA) is 61.8 Å². The van der Waals surface area contributed by atoms with Crippen molar-refractivity contribution >= 4 is 11.8 Å². The van der Waals surface area contributed by atoms with Crippen molar-refractivity contribution in [3.63, 3.8) is 0 Å². The normalized spacial score (nSPS) is 20.5. The van der Waals surface area contributed by atoms with E-state index >= 15 is 0 Å². The number of ether oxygens (including phenoxy) is 3. The fraction of sp³-hybridized carbons (Fsp3) is 0.500. The maximum absolute atomic E-state index is 15.0. The Morgan fingerprint density at radius 3 is 2.23 bits per heavy atom. The second-order valence-electron chi connectivity index (χ2n) is 6.17. The molecule has 0 heterocycles. The molecule has 0 aromatic heterocycles. The quantitative estimate of drug-likeness (QED) is 0.634. The fourth-order valence-corrected chi connectivity index (χ4v) is 2.36. The Morgan fingerprint density at radius 2 is 1.73 bits per heavy atom. The molecular formula is C16H19FO5. The molecule has 1 aliphatic carbocycles. The number of Topliss-reactive ketones (excluding diaryl/α,β-unsaturated/α-hetero) is 1. The molecule has 0 saturated carbocycles. The van der Waals surface area contributed by atoms with E-state index in [0.717, 1.165) is 0 Å². The van der Waals surface area contributed by atoms with Gasteiger partial charge in [0.2, 0.25) is 5.78 Å². The van der Waals surface area contributed by atoms with E-state index in [1.807, 2.05) is 0 Å². The first-order valence-corrected chi connectivity index (χ1v) is 6.84. The number of carbonyl (C=O) groups is 2. The first-order chi connectivity index (χ1) is 10.1. The molecular weight excluding hydrogens is 291 g/mol. The minimum Gasteiger partial charge on any atom is -0.493 e. The van der Waals surface area contributed by atoms with E-state index in [2.05, 4.69) is 0 Å². The van der Waals surface area contributed by atoms with Crippen LogP contribution in [0.2, 0.25) is 0 Å². The fourth-order valence-electron chi connectivity index (χ4n) is 2.36. The minimum atomic E-state index is -2.70. The van der Waals surface area contributed by atoms with Crippen LogP contribution in [0, 0.1) is 0 Å². The lowest BCUT2D eigenvalue weighted by Gasteiger charge is -2.24. The van der Waals surface area contributed by atoms with E-state index < -0.39 is 23.0 Å². The van der Waals surface area contributed by atoms with Gasteiger partial charge in [-0.05, 0) is 38.5 Å². The highest BCUT2D eigenvalue weighted by atomic mass is 19.1. The van der Waals surface area contributed by atoms with Crippen LogP contribution < -0.4 is 9.47 Å². The summed E-state index contributed by atoms with van der Waals surface area (Å²) in [4.78, 5) is 24.4. The smallest absolute Gasteiger partial charge is 0.353 e. The Labute approximate surface area is 128 Å². The average molecular weight is 310 g/mol. The highest BCUT2D eigenvalue weighted by Crippen LogP contribution is 2.40. The number of hydrogen-bond donors (Lipinski definition) is 0. The standard InChI is InChI=1S/C16H19FO5/c1-15(2,3)22-14(19)16(17)8-9-6-11(20-4)12(21-5)7-10(9)13(16)18/h6-7H,8H2,1-5H3/t16-/m1/s1. The van der Waals surface area contributed by atoms with Gasteiger partial charge in [0.1, 0.15) is 5.60 Å². The molecule has 5 nitrogen and oxygen atoms in total. The number of carbonyl (C=O) groups excluding carboxylic acids is 2. The van der Waals surface area contributed by atoms with Crippen molar-refractivity contribution < 1.29 is 28.2 Å². The summed E-state index contributed by atoms with van der Waals surface area (Å²) < 4.78 is 30.3. The van der Waals surface area contributed by atoms with Crippen molar-refractivity contribution in [3.8, 4) is 11.5 Å². The SMILES string of the molecule is COc1cc2c(cc1OC)C(=O)[C@@](F)(C(=O)OC(C)(C)C)C2. The molecule has 120 valence electrons. The van der Waals surface area contributed by atoms with Gasteiger partial charge >= 0.3 is 5.97 Å². The summed E-state index contributed by atoms with van der Waals surface area (Å²) in [5, 5.41) is 0. The van der Waals surface area contributed by atoms with Crippen LogP contribution in [0.4, 0.5) is 4.39 Å². The lowest BCUT2D eigenvalue weighted by molar-refractivity contribution is -0.165. The van der Waals surface area contributed by atoms with E-state index in [9.17, 15) is 14.0 Å². The molecule has 0 fully saturated rings. The predicted molar refractivity (Wildman–Crippen MR) is 77.3 cm³/mol. The second-order valence-corrected chi connectivity index (χ2v) is 6.17. The summed E-state index contributed by atoms with van der Waals surface area (Å²) in [6.07, 6.45) is -0.365. The van der Waals surface area contributed by atoms with Gasteiger partial charge in [-0.2, -0.15) is 0 Å². The summed E-state index contributed by atoms with van der Waals surface area (Å²) in [6, 6.07) is 2.90. The van der Waals surface area contributed by atoms with Gasteiger partial charge < -0.3 is 14.2 Å². The Balaban J connectivity index is 2.41. The molecule has 1 atom stereocenters. The highest BCUT2D eigenvalue weighted by Gasteiger charge is 2.55. The molecule has 0 radical (unpaired) electrons. The number of alkyl halides is 1. The van der Waals surface area contributed by atoms with Crippen molar-refractivity contribution in [2.75, 3.05) is 14.2 Å². The Hall–Kier alpha value is -2.11. The van der Waals surface area contributed by atoms with E-state index in [4.69, 9.17) is 14.2 Å². The van der Waals surface area contributed by atoms with Crippen LogP contribution in [0.1, 0.15) is 36.7 Å². The average Bonchev–Trinajstić information content (AvgIpc) is 2.68. The molecule has 0 bridgehead atoms. The highest BCUT2D eigenvalue weighted by molar-refractivity contribution is 6.19. The van der Waals surface area contributed by atoms with Crippen LogP contribution in [0.3, 0.4) is 0 Å². The van der Waals surface area contributed by atoms with Gasteiger partial charge in [-0.25, -0.2) is 9.18 Å². The molecule has 0 saturated heterocycles. The Morgan fingerprint density at radius 1 is 1.18 bits per heavy atom. The third-order valence-electron chi connectivity index (χ3n) is 3.37. The molecule has 1 aromatic carbocycles. The summed E-state index contributed by atoms with van der Waals surface area (Å²) in [6.45, 7) is 4.85. The largest absolute Gasteiger partial charge is 0.493 e. The van der Waals surface area contributed by atoms with Gasteiger partial charge in [-0.15, -0.1) is 0 Å². The number of benzene rings is 1. The van der Waals surface area contributed by atoms with Gasteiger partial charge in [-0.3, -0.25) is 4.79 Å². The number of ketones is 1. The first kappa shape index (κ1) is 16.3. The number of fused-ring (bicyclic) bond motifs is 1. The van der Waals surface area contributed by atoms with Crippen LogP contribution in [0.5, 0.6) is 11.5 Å². The second kappa shape index (κ2) is 5.26. The van der Waals surface area contributed by atoms with E-state index in [-0.39, 0.29) is 12.0 Å². The summed E-state index contributed by atoms with van der Waals surface area (Å²) in [5.74, 6) is -1.39. The summed E-state index contributed by atoms with van der Waals surface area (Å²) in [5.41, 5.74) is -3.06. The van der Waals surface area contributed by atoms with E-state index in [0.29, 0.717) is 17.1 Å². The maximum atomic E-state index is 15.0. The van der Waals surface area contributed by atoms with Crippen LogP contribution in [0.25, 0.3) is 0 Å².